The Labute approximate surface area is 80.1 Å². The predicted octanol–water partition coefficient (Wildman–Crippen LogP) is 1.39. The molecule has 1 N–H and O–H groups in total. The fourth-order valence-corrected chi connectivity index (χ4v) is 1.61. The Morgan fingerprint density at radius 2 is 2.36 bits per heavy atom. The van der Waals surface area contributed by atoms with E-state index in [2.05, 4.69) is 0 Å². The van der Waals surface area contributed by atoms with E-state index in [0.717, 1.165) is 12.0 Å². The van der Waals surface area contributed by atoms with Gasteiger partial charge in [0.1, 0.15) is 11.6 Å². The summed E-state index contributed by atoms with van der Waals surface area (Å²) in [5, 5.41) is 8.60. The van der Waals surface area contributed by atoms with Crippen molar-refractivity contribution < 1.29 is 19.0 Å². The van der Waals surface area contributed by atoms with Crippen LogP contribution in [0.3, 0.4) is 0 Å². The van der Waals surface area contributed by atoms with Crippen molar-refractivity contribution in [3.05, 3.63) is 29.1 Å². The van der Waals surface area contributed by atoms with Crippen molar-refractivity contribution in [3.63, 3.8) is 0 Å². The average Bonchev–Trinajstić information content (AvgIpc) is 2.57. The summed E-state index contributed by atoms with van der Waals surface area (Å²) in [5.41, 5.74) is 1.05. The number of ether oxygens (including phenoxy) is 1. The molecule has 2 rings (SSSR count). The van der Waals surface area contributed by atoms with Gasteiger partial charge in [-0.1, -0.05) is 6.07 Å². The second kappa shape index (κ2) is 3.29. The molecule has 1 aliphatic heterocycles. The smallest absolute Gasteiger partial charge is 0.308 e. The molecule has 3 nitrogen and oxygen atoms in total. The topological polar surface area (TPSA) is 46.5 Å². The monoisotopic (exact) mass is 196 g/mol. The molecule has 0 aromatic heterocycles. The third-order valence-corrected chi connectivity index (χ3v) is 2.23. The molecule has 0 atom stereocenters. The van der Waals surface area contributed by atoms with E-state index in [0.29, 0.717) is 12.4 Å². The van der Waals surface area contributed by atoms with Gasteiger partial charge in [-0.05, 0) is 11.6 Å². The van der Waals surface area contributed by atoms with Crippen LogP contribution in [0.2, 0.25) is 0 Å². The second-order valence-corrected chi connectivity index (χ2v) is 3.18. The standard InChI is InChI=1S/C10H9FO3/c11-8-2-1-6-3-4-14-10(6)7(8)5-9(12)13/h1-2H,3-5H2,(H,12,13). The lowest BCUT2D eigenvalue weighted by Gasteiger charge is -2.06. The summed E-state index contributed by atoms with van der Waals surface area (Å²) >= 11 is 0. The van der Waals surface area contributed by atoms with E-state index in [1.54, 1.807) is 6.07 Å². The number of carboxylic acids is 1. The molecule has 0 unspecified atom stereocenters. The number of fused-ring (bicyclic) bond motifs is 1. The fraction of sp³-hybridized carbons (Fsp3) is 0.300. The van der Waals surface area contributed by atoms with Crippen LogP contribution >= 0.6 is 0 Å². The van der Waals surface area contributed by atoms with Crippen LogP contribution in [0.25, 0.3) is 0 Å². The van der Waals surface area contributed by atoms with Crippen LogP contribution in [0.1, 0.15) is 11.1 Å². The quantitative estimate of drug-likeness (QED) is 0.777. The van der Waals surface area contributed by atoms with Crippen molar-refractivity contribution in [2.75, 3.05) is 6.61 Å². The summed E-state index contributed by atoms with van der Waals surface area (Å²) in [6, 6.07) is 2.94. The molecule has 74 valence electrons. The Morgan fingerprint density at radius 1 is 1.57 bits per heavy atom. The number of benzene rings is 1. The maximum Gasteiger partial charge on any atom is 0.308 e. The number of carbonyl (C=O) groups is 1. The first-order valence-electron chi connectivity index (χ1n) is 4.33. The van der Waals surface area contributed by atoms with E-state index in [9.17, 15) is 9.18 Å². The largest absolute Gasteiger partial charge is 0.493 e. The van der Waals surface area contributed by atoms with Crippen molar-refractivity contribution in [3.8, 4) is 5.75 Å². The van der Waals surface area contributed by atoms with Gasteiger partial charge in [-0.2, -0.15) is 0 Å². The van der Waals surface area contributed by atoms with Crippen molar-refractivity contribution in [1.82, 2.24) is 0 Å². The van der Waals surface area contributed by atoms with Gasteiger partial charge in [0.15, 0.2) is 0 Å². The van der Waals surface area contributed by atoms with E-state index >= 15 is 0 Å². The second-order valence-electron chi connectivity index (χ2n) is 3.18. The number of hydrogen-bond acceptors (Lipinski definition) is 2. The highest BCUT2D eigenvalue weighted by molar-refractivity contribution is 5.72. The molecule has 0 fully saturated rings. The van der Waals surface area contributed by atoms with E-state index in [1.807, 2.05) is 0 Å². The van der Waals surface area contributed by atoms with Gasteiger partial charge < -0.3 is 9.84 Å². The van der Waals surface area contributed by atoms with E-state index in [4.69, 9.17) is 9.84 Å². The SMILES string of the molecule is O=C(O)Cc1c(F)ccc2c1OCC2. The Kier molecular flexibility index (Phi) is 2.11. The fourth-order valence-electron chi connectivity index (χ4n) is 1.61. The minimum absolute atomic E-state index is 0.160. The zero-order valence-electron chi connectivity index (χ0n) is 7.42. The zero-order chi connectivity index (χ0) is 10.1. The number of aliphatic carboxylic acids is 1. The number of hydrogen-bond donors (Lipinski definition) is 1. The third-order valence-electron chi connectivity index (χ3n) is 2.23. The first kappa shape index (κ1) is 8.99. The molecule has 0 aliphatic carbocycles. The van der Waals surface area contributed by atoms with E-state index in [1.165, 1.54) is 6.07 Å². The predicted molar refractivity (Wildman–Crippen MR) is 46.9 cm³/mol. The summed E-state index contributed by atoms with van der Waals surface area (Å²) in [4.78, 5) is 10.5. The van der Waals surface area contributed by atoms with Gasteiger partial charge in [0.25, 0.3) is 0 Å². The van der Waals surface area contributed by atoms with Gasteiger partial charge >= 0.3 is 5.97 Å². The van der Waals surface area contributed by atoms with Gasteiger partial charge in [0, 0.05) is 12.0 Å². The molecule has 4 heteroatoms. The van der Waals surface area contributed by atoms with Crippen LogP contribution in [-0.4, -0.2) is 17.7 Å². The number of carboxylic acid groups (broad SMARTS) is 1. The van der Waals surface area contributed by atoms with Crippen LogP contribution in [0, 0.1) is 5.82 Å². The molecular weight excluding hydrogens is 187 g/mol. The summed E-state index contributed by atoms with van der Waals surface area (Å²) in [5.74, 6) is -1.13. The van der Waals surface area contributed by atoms with Crippen molar-refractivity contribution in [1.29, 1.82) is 0 Å². The maximum absolute atomic E-state index is 13.3. The summed E-state index contributed by atoms with van der Waals surface area (Å²) < 4.78 is 18.5. The third kappa shape index (κ3) is 1.43. The summed E-state index contributed by atoms with van der Waals surface area (Å²) in [7, 11) is 0. The molecule has 0 spiro atoms. The van der Waals surface area contributed by atoms with Gasteiger partial charge in [-0.25, -0.2) is 4.39 Å². The molecular formula is C10H9FO3. The average molecular weight is 196 g/mol. The molecule has 14 heavy (non-hydrogen) atoms. The Balaban J connectivity index is 2.46. The molecule has 0 bridgehead atoms. The van der Waals surface area contributed by atoms with Gasteiger partial charge in [-0.3, -0.25) is 4.79 Å². The molecule has 1 aromatic carbocycles. The molecule has 1 heterocycles. The minimum atomic E-state index is -1.05. The van der Waals surface area contributed by atoms with Crippen LogP contribution in [0.4, 0.5) is 4.39 Å². The van der Waals surface area contributed by atoms with Crippen LogP contribution in [0.15, 0.2) is 12.1 Å². The number of rotatable bonds is 2. The summed E-state index contributed by atoms with van der Waals surface area (Å²) in [6.07, 6.45) is 0.400. The first-order chi connectivity index (χ1) is 6.68. The molecule has 1 aliphatic rings. The van der Waals surface area contributed by atoms with Gasteiger partial charge in [0.05, 0.1) is 13.0 Å². The highest BCUT2D eigenvalue weighted by atomic mass is 19.1. The highest BCUT2D eigenvalue weighted by Gasteiger charge is 2.21. The van der Waals surface area contributed by atoms with Crippen LogP contribution in [-0.2, 0) is 17.6 Å². The molecule has 0 amide bonds. The van der Waals surface area contributed by atoms with Crippen LogP contribution < -0.4 is 4.74 Å². The first-order valence-corrected chi connectivity index (χ1v) is 4.33. The number of halogens is 1. The molecule has 0 radical (unpaired) electrons. The Morgan fingerprint density at radius 3 is 3.07 bits per heavy atom. The maximum atomic E-state index is 13.3. The normalized spacial score (nSPS) is 13.5. The van der Waals surface area contributed by atoms with E-state index in [-0.39, 0.29) is 12.0 Å². The van der Waals surface area contributed by atoms with Gasteiger partial charge in [0.2, 0.25) is 0 Å². The van der Waals surface area contributed by atoms with Crippen molar-refractivity contribution >= 4 is 5.97 Å². The van der Waals surface area contributed by atoms with E-state index < -0.39 is 11.8 Å². The minimum Gasteiger partial charge on any atom is -0.493 e. The van der Waals surface area contributed by atoms with Gasteiger partial charge in [-0.15, -0.1) is 0 Å². The zero-order valence-corrected chi connectivity index (χ0v) is 7.42. The van der Waals surface area contributed by atoms with Crippen molar-refractivity contribution in [2.45, 2.75) is 12.8 Å². The Bertz CT molecular complexity index is 387. The summed E-state index contributed by atoms with van der Waals surface area (Å²) in [6.45, 7) is 0.505. The van der Waals surface area contributed by atoms with Crippen molar-refractivity contribution in [2.24, 2.45) is 0 Å². The lowest BCUT2D eigenvalue weighted by Crippen LogP contribution is -2.04. The lowest BCUT2D eigenvalue weighted by atomic mass is 10.1. The highest BCUT2D eigenvalue weighted by Crippen LogP contribution is 2.31. The molecule has 0 saturated heterocycles. The molecule has 1 aromatic rings. The molecule has 0 saturated carbocycles. The van der Waals surface area contributed by atoms with Crippen LogP contribution in [0.5, 0.6) is 5.75 Å². The lowest BCUT2D eigenvalue weighted by molar-refractivity contribution is -0.136. The Hall–Kier alpha value is -1.58.